The zero-order valence-electron chi connectivity index (χ0n) is 7.82. The Balaban J connectivity index is 2.19. The van der Waals surface area contributed by atoms with E-state index in [1.165, 1.54) is 5.56 Å². The van der Waals surface area contributed by atoms with E-state index in [9.17, 15) is 0 Å². The molecule has 0 aliphatic heterocycles. The molecule has 0 unspecified atom stereocenters. The van der Waals surface area contributed by atoms with E-state index in [4.69, 9.17) is 10.5 Å². The molecule has 1 aromatic carbocycles. The molecule has 0 bridgehead atoms. The van der Waals surface area contributed by atoms with Gasteiger partial charge in [0.1, 0.15) is 5.75 Å². The predicted octanol–water partition coefficient (Wildman–Crippen LogP) is 2.09. The average molecular weight is 189 g/mol. The maximum atomic E-state index is 5.58. The van der Waals surface area contributed by atoms with E-state index in [2.05, 4.69) is 10.2 Å². The summed E-state index contributed by atoms with van der Waals surface area (Å²) >= 11 is 0. The van der Waals surface area contributed by atoms with Crippen LogP contribution < -0.4 is 10.5 Å². The lowest BCUT2D eigenvalue weighted by molar-refractivity contribution is 0.485. The van der Waals surface area contributed by atoms with Crippen molar-refractivity contribution in [1.82, 2.24) is 10.2 Å². The van der Waals surface area contributed by atoms with Gasteiger partial charge < -0.3 is 10.5 Å². The molecule has 0 aliphatic carbocycles. The summed E-state index contributed by atoms with van der Waals surface area (Å²) in [6.45, 7) is 2.02. The summed E-state index contributed by atoms with van der Waals surface area (Å²) in [7, 11) is 0. The number of rotatable bonds is 2. The van der Waals surface area contributed by atoms with Gasteiger partial charge in [0, 0.05) is 0 Å². The van der Waals surface area contributed by atoms with Crippen LogP contribution in [0.15, 0.2) is 30.5 Å². The van der Waals surface area contributed by atoms with Gasteiger partial charge in [-0.2, -0.15) is 5.10 Å². The third-order valence-electron chi connectivity index (χ3n) is 1.88. The fourth-order valence-electron chi connectivity index (χ4n) is 1.10. The normalized spacial score (nSPS) is 10.1. The summed E-state index contributed by atoms with van der Waals surface area (Å²) < 4.78 is 5.49. The van der Waals surface area contributed by atoms with Crippen LogP contribution in [0.1, 0.15) is 5.56 Å². The molecule has 4 heteroatoms. The van der Waals surface area contributed by atoms with Crippen molar-refractivity contribution in [2.75, 3.05) is 5.73 Å². The lowest BCUT2D eigenvalue weighted by atomic mass is 10.2. The van der Waals surface area contributed by atoms with Gasteiger partial charge >= 0.3 is 0 Å². The Hall–Kier alpha value is -1.97. The largest absolute Gasteiger partial charge is 0.452 e. The zero-order chi connectivity index (χ0) is 9.97. The van der Waals surface area contributed by atoms with Crippen LogP contribution >= 0.6 is 0 Å². The SMILES string of the molecule is Cc1ccc(Oc2cn[nH]c2N)cc1. The second-order valence-electron chi connectivity index (χ2n) is 3.06. The quantitative estimate of drug-likeness (QED) is 0.760. The molecule has 0 spiro atoms. The summed E-state index contributed by atoms with van der Waals surface area (Å²) in [5, 5.41) is 6.36. The molecule has 72 valence electrons. The Labute approximate surface area is 81.7 Å². The number of aryl methyl sites for hydroxylation is 1. The topological polar surface area (TPSA) is 63.9 Å². The number of aromatic nitrogens is 2. The summed E-state index contributed by atoms with van der Waals surface area (Å²) in [6.07, 6.45) is 1.55. The molecule has 0 atom stereocenters. The fraction of sp³-hybridized carbons (Fsp3) is 0.100. The molecule has 2 rings (SSSR count). The van der Waals surface area contributed by atoms with E-state index in [0.717, 1.165) is 5.75 Å². The van der Waals surface area contributed by atoms with Crippen molar-refractivity contribution in [2.45, 2.75) is 6.92 Å². The third-order valence-corrected chi connectivity index (χ3v) is 1.88. The van der Waals surface area contributed by atoms with Gasteiger partial charge in [-0.3, -0.25) is 5.10 Å². The lowest BCUT2D eigenvalue weighted by Crippen LogP contribution is -1.89. The van der Waals surface area contributed by atoms with E-state index in [0.29, 0.717) is 11.6 Å². The highest BCUT2D eigenvalue weighted by Crippen LogP contribution is 2.24. The van der Waals surface area contributed by atoms with E-state index in [1.807, 2.05) is 31.2 Å². The molecule has 0 aliphatic rings. The van der Waals surface area contributed by atoms with Crippen LogP contribution in [0.2, 0.25) is 0 Å². The maximum absolute atomic E-state index is 5.58. The molecular weight excluding hydrogens is 178 g/mol. The van der Waals surface area contributed by atoms with E-state index in [1.54, 1.807) is 6.20 Å². The minimum atomic E-state index is 0.436. The summed E-state index contributed by atoms with van der Waals surface area (Å²) in [5.41, 5.74) is 6.77. The average Bonchev–Trinajstić information content (AvgIpc) is 2.56. The van der Waals surface area contributed by atoms with Crippen molar-refractivity contribution in [3.63, 3.8) is 0 Å². The first-order valence-electron chi connectivity index (χ1n) is 4.29. The van der Waals surface area contributed by atoms with E-state index in [-0.39, 0.29) is 0 Å². The third kappa shape index (κ3) is 1.69. The number of ether oxygens (including phenoxy) is 1. The van der Waals surface area contributed by atoms with Gasteiger partial charge in [-0.25, -0.2) is 0 Å². The fourth-order valence-corrected chi connectivity index (χ4v) is 1.10. The molecule has 0 saturated carbocycles. The molecule has 1 aromatic heterocycles. The summed E-state index contributed by atoms with van der Waals surface area (Å²) in [4.78, 5) is 0. The van der Waals surface area contributed by atoms with Crippen molar-refractivity contribution in [1.29, 1.82) is 0 Å². The molecule has 0 amide bonds. The first-order valence-corrected chi connectivity index (χ1v) is 4.29. The minimum absolute atomic E-state index is 0.436. The number of hydrogen-bond donors (Lipinski definition) is 2. The van der Waals surface area contributed by atoms with Crippen LogP contribution in [0.4, 0.5) is 5.82 Å². The highest BCUT2D eigenvalue weighted by Gasteiger charge is 2.02. The molecule has 3 N–H and O–H groups in total. The Morgan fingerprint density at radius 2 is 2.00 bits per heavy atom. The predicted molar refractivity (Wildman–Crippen MR) is 54.3 cm³/mol. The number of nitrogen functional groups attached to an aromatic ring is 1. The highest BCUT2D eigenvalue weighted by molar-refractivity contribution is 5.46. The zero-order valence-corrected chi connectivity index (χ0v) is 7.82. The van der Waals surface area contributed by atoms with Crippen molar-refractivity contribution in [3.8, 4) is 11.5 Å². The van der Waals surface area contributed by atoms with Crippen LogP contribution in [0.3, 0.4) is 0 Å². The molecule has 0 radical (unpaired) electrons. The lowest BCUT2D eigenvalue weighted by Gasteiger charge is -2.03. The summed E-state index contributed by atoms with van der Waals surface area (Å²) in [6, 6.07) is 7.74. The first kappa shape index (κ1) is 8.62. The molecular formula is C10H11N3O. The molecule has 0 saturated heterocycles. The smallest absolute Gasteiger partial charge is 0.188 e. The number of nitrogens with one attached hydrogen (secondary N) is 1. The van der Waals surface area contributed by atoms with Gasteiger partial charge in [-0.1, -0.05) is 17.7 Å². The monoisotopic (exact) mass is 189 g/mol. The Bertz CT molecular complexity index is 419. The standard InChI is InChI=1S/C10H11N3O/c1-7-2-4-8(5-3-7)14-9-6-12-13-10(9)11/h2-6H,1H3,(H3,11,12,13). The van der Waals surface area contributed by atoms with Crippen molar-refractivity contribution in [2.24, 2.45) is 0 Å². The molecule has 2 aromatic rings. The van der Waals surface area contributed by atoms with Gasteiger partial charge in [-0.05, 0) is 19.1 Å². The number of anilines is 1. The minimum Gasteiger partial charge on any atom is -0.452 e. The molecule has 1 heterocycles. The second kappa shape index (κ2) is 3.41. The van der Waals surface area contributed by atoms with Crippen molar-refractivity contribution < 1.29 is 4.74 Å². The van der Waals surface area contributed by atoms with Crippen LogP contribution in [0.5, 0.6) is 11.5 Å². The second-order valence-corrected chi connectivity index (χ2v) is 3.06. The summed E-state index contributed by atoms with van der Waals surface area (Å²) in [5.74, 6) is 1.74. The Kier molecular flexibility index (Phi) is 2.10. The van der Waals surface area contributed by atoms with Crippen LogP contribution in [0.25, 0.3) is 0 Å². The highest BCUT2D eigenvalue weighted by atomic mass is 16.5. The number of nitrogens with two attached hydrogens (primary N) is 1. The number of benzene rings is 1. The van der Waals surface area contributed by atoms with Gasteiger partial charge in [0.15, 0.2) is 11.6 Å². The van der Waals surface area contributed by atoms with Gasteiger partial charge in [0.2, 0.25) is 0 Å². The van der Waals surface area contributed by atoms with Gasteiger partial charge in [-0.15, -0.1) is 0 Å². The number of hydrogen-bond acceptors (Lipinski definition) is 3. The van der Waals surface area contributed by atoms with Gasteiger partial charge in [0.05, 0.1) is 6.20 Å². The van der Waals surface area contributed by atoms with Crippen molar-refractivity contribution in [3.05, 3.63) is 36.0 Å². The molecule has 0 fully saturated rings. The van der Waals surface area contributed by atoms with Crippen LogP contribution in [-0.4, -0.2) is 10.2 Å². The number of aromatic amines is 1. The Morgan fingerprint density at radius 1 is 1.29 bits per heavy atom. The van der Waals surface area contributed by atoms with E-state index < -0.39 is 0 Å². The van der Waals surface area contributed by atoms with Crippen molar-refractivity contribution >= 4 is 5.82 Å². The maximum Gasteiger partial charge on any atom is 0.188 e. The molecule has 14 heavy (non-hydrogen) atoms. The molecule has 4 nitrogen and oxygen atoms in total. The first-order chi connectivity index (χ1) is 6.75. The Morgan fingerprint density at radius 3 is 2.57 bits per heavy atom. The van der Waals surface area contributed by atoms with Crippen LogP contribution in [0, 0.1) is 6.92 Å². The number of nitrogens with zero attached hydrogens (tertiary/aromatic N) is 1. The van der Waals surface area contributed by atoms with Crippen LogP contribution in [-0.2, 0) is 0 Å². The number of H-pyrrole nitrogens is 1. The van der Waals surface area contributed by atoms with E-state index >= 15 is 0 Å². The van der Waals surface area contributed by atoms with Gasteiger partial charge in [0.25, 0.3) is 0 Å².